The monoisotopic (exact) mass is 234 g/mol. The highest BCUT2D eigenvalue weighted by Gasteiger charge is 2.46. The van der Waals surface area contributed by atoms with Gasteiger partial charge in [0.25, 0.3) is 0 Å². The number of nitrogens with zero attached hydrogens (tertiary/aromatic N) is 1. The van der Waals surface area contributed by atoms with E-state index >= 15 is 0 Å². The molecule has 0 spiro atoms. The van der Waals surface area contributed by atoms with E-state index in [1.165, 1.54) is 6.42 Å². The van der Waals surface area contributed by atoms with Crippen molar-refractivity contribution in [2.24, 2.45) is 17.8 Å². The van der Waals surface area contributed by atoms with Crippen LogP contribution in [0.25, 0.3) is 0 Å². The number of piperazine rings is 1. The summed E-state index contributed by atoms with van der Waals surface area (Å²) >= 11 is 0. The fraction of sp³-hybridized carbons (Fsp3) is 0.786. The van der Waals surface area contributed by atoms with Gasteiger partial charge in [-0.3, -0.25) is 4.79 Å². The molecule has 1 amide bonds. The molecule has 94 valence electrons. The minimum atomic E-state index is 0.221. The maximum absolute atomic E-state index is 12.6. The van der Waals surface area contributed by atoms with Crippen molar-refractivity contribution in [1.82, 2.24) is 10.2 Å². The Morgan fingerprint density at radius 1 is 1.18 bits per heavy atom. The van der Waals surface area contributed by atoms with Crippen molar-refractivity contribution in [3.63, 3.8) is 0 Å². The van der Waals surface area contributed by atoms with Crippen LogP contribution < -0.4 is 5.32 Å². The Hall–Kier alpha value is -0.830. The molecule has 0 aromatic heterocycles. The third-order valence-electron chi connectivity index (χ3n) is 4.67. The Bertz CT molecular complexity index is 338. The first-order chi connectivity index (χ1) is 8.16. The van der Waals surface area contributed by atoms with Crippen LogP contribution in [-0.2, 0) is 4.79 Å². The fourth-order valence-electron chi connectivity index (χ4n) is 3.55. The maximum Gasteiger partial charge on any atom is 0.226 e. The van der Waals surface area contributed by atoms with Crippen LogP contribution in [0.2, 0.25) is 0 Å². The van der Waals surface area contributed by atoms with Crippen molar-refractivity contribution in [1.29, 1.82) is 0 Å². The zero-order chi connectivity index (χ0) is 12.0. The molecule has 0 aromatic carbocycles. The standard InChI is InChI=1S/C14H22N2O/c1-9-3-4-10(2)13(5-9)14(17)16-11-6-12(16)8-15-7-11/h3-4,9-13,15H,5-8H2,1-2H3/t9-,10-,11?,12?,13-/m1/s1. The molecule has 3 nitrogen and oxygen atoms in total. The van der Waals surface area contributed by atoms with Gasteiger partial charge in [0.05, 0.1) is 0 Å². The summed E-state index contributed by atoms with van der Waals surface area (Å²) in [5.41, 5.74) is 0. The van der Waals surface area contributed by atoms with Crippen molar-refractivity contribution in [3.8, 4) is 0 Å². The first-order valence-corrected chi connectivity index (χ1v) is 6.88. The molecule has 1 N–H and O–H groups in total. The van der Waals surface area contributed by atoms with Crippen molar-refractivity contribution < 1.29 is 4.79 Å². The van der Waals surface area contributed by atoms with Crippen molar-refractivity contribution in [2.75, 3.05) is 13.1 Å². The van der Waals surface area contributed by atoms with Gasteiger partial charge in [-0.05, 0) is 24.7 Å². The summed E-state index contributed by atoms with van der Waals surface area (Å²) in [5, 5.41) is 3.38. The van der Waals surface area contributed by atoms with Gasteiger partial charge in [-0.2, -0.15) is 0 Å². The Morgan fingerprint density at radius 2 is 1.88 bits per heavy atom. The second-order valence-electron chi connectivity index (χ2n) is 6.01. The number of hydrogen-bond donors (Lipinski definition) is 1. The van der Waals surface area contributed by atoms with E-state index in [1.54, 1.807) is 0 Å². The molecule has 3 aliphatic rings. The van der Waals surface area contributed by atoms with Crippen LogP contribution in [0.1, 0.15) is 26.7 Å². The fourth-order valence-corrected chi connectivity index (χ4v) is 3.55. The predicted molar refractivity (Wildman–Crippen MR) is 67.5 cm³/mol. The first kappa shape index (κ1) is 11.3. The summed E-state index contributed by atoms with van der Waals surface area (Å²) in [6, 6.07) is 0.962. The van der Waals surface area contributed by atoms with Crippen LogP contribution in [0.15, 0.2) is 12.2 Å². The molecule has 2 fully saturated rings. The number of amides is 1. The molecule has 17 heavy (non-hydrogen) atoms. The van der Waals surface area contributed by atoms with Gasteiger partial charge < -0.3 is 10.2 Å². The molecule has 3 heteroatoms. The highest BCUT2D eigenvalue weighted by Crippen LogP contribution is 2.35. The largest absolute Gasteiger partial charge is 0.334 e. The third kappa shape index (κ3) is 1.81. The predicted octanol–water partition coefficient (Wildman–Crippen LogP) is 1.41. The number of nitrogens with one attached hydrogen (secondary N) is 1. The zero-order valence-corrected chi connectivity index (χ0v) is 10.7. The average molecular weight is 234 g/mol. The van der Waals surface area contributed by atoms with Gasteiger partial charge in [0.15, 0.2) is 0 Å². The molecule has 1 aliphatic carbocycles. The highest BCUT2D eigenvalue weighted by atomic mass is 16.2. The summed E-state index contributed by atoms with van der Waals surface area (Å²) in [5.74, 6) is 1.60. The summed E-state index contributed by atoms with van der Waals surface area (Å²) in [6.45, 7) is 6.38. The lowest BCUT2D eigenvalue weighted by Gasteiger charge is -2.54. The second kappa shape index (κ2) is 4.13. The van der Waals surface area contributed by atoms with Gasteiger partial charge in [-0.25, -0.2) is 0 Å². The van der Waals surface area contributed by atoms with E-state index in [0.717, 1.165) is 19.5 Å². The van der Waals surface area contributed by atoms with Crippen LogP contribution in [0.3, 0.4) is 0 Å². The molecular formula is C14H22N2O. The second-order valence-corrected chi connectivity index (χ2v) is 6.01. The van der Waals surface area contributed by atoms with Gasteiger partial charge in [0, 0.05) is 31.1 Å². The lowest BCUT2D eigenvalue weighted by Crippen LogP contribution is -2.70. The number of allylic oxidation sites excluding steroid dienone is 2. The average Bonchev–Trinajstić information content (AvgIpc) is 2.33. The van der Waals surface area contributed by atoms with Crippen LogP contribution in [-0.4, -0.2) is 36.0 Å². The van der Waals surface area contributed by atoms with Crippen LogP contribution in [0, 0.1) is 17.8 Å². The Labute approximate surface area is 103 Å². The minimum Gasteiger partial charge on any atom is -0.334 e. The van der Waals surface area contributed by atoms with E-state index in [1.807, 2.05) is 0 Å². The molecule has 2 aliphatic heterocycles. The molecule has 2 unspecified atom stereocenters. The van der Waals surface area contributed by atoms with E-state index in [4.69, 9.17) is 0 Å². The van der Waals surface area contributed by atoms with Crippen molar-refractivity contribution in [3.05, 3.63) is 12.2 Å². The summed E-state index contributed by atoms with van der Waals surface area (Å²) in [7, 11) is 0. The highest BCUT2D eigenvalue weighted by molar-refractivity contribution is 5.81. The van der Waals surface area contributed by atoms with Crippen LogP contribution in [0.4, 0.5) is 0 Å². The number of hydrogen-bond acceptors (Lipinski definition) is 2. The molecule has 3 rings (SSSR count). The third-order valence-corrected chi connectivity index (χ3v) is 4.67. The van der Waals surface area contributed by atoms with E-state index in [0.29, 0.717) is 29.8 Å². The summed E-state index contributed by atoms with van der Waals surface area (Å²) < 4.78 is 0. The molecule has 2 saturated heterocycles. The molecule has 0 radical (unpaired) electrons. The molecule has 2 bridgehead atoms. The van der Waals surface area contributed by atoms with E-state index in [2.05, 4.69) is 36.2 Å². The van der Waals surface area contributed by atoms with Crippen LogP contribution in [0.5, 0.6) is 0 Å². The Kier molecular flexibility index (Phi) is 2.74. The minimum absolute atomic E-state index is 0.221. The number of carbonyl (C=O) groups excluding carboxylic acids is 1. The Morgan fingerprint density at radius 3 is 2.53 bits per heavy atom. The Balaban J connectivity index is 1.72. The van der Waals surface area contributed by atoms with E-state index in [9.17, 15) is 4.79 Å². The molecule has 0 aromatic rings. The molecular weight excluding hydrogens is 212 g/mol. The SMILES string of the molecule is C[C@@H]1C=C[C@@H](C)[C@H](C(=O)N2C3CNCC2C3)C1. The molecule has 5 atom stereocenters. The lowest BCUT2D eigenvalue weighted by atomic mass is 9.77. The van der Waals surface area contributed by atoms with Crippen molar-refractivity contribution in [2.45, 2.75) is 38.8 Å². The lowest BCUT2D eigenvalue weighted by molar-refractivity contribution is -0.154. The van der Waals surface area contributed by atoms with Crippen LogP contribution >= 0.6 is 0 Å². The molecule has 2 heterocycles. The summed E-state index contributed by atoms with van der Waals surface area (Å²) in [6.07, 6.45) is 6.72. The van der Waals surface area contributed by atoms with Crippen molar-refractivity contribution >= 4 is 5.91 Å². The number of rotatable bonds is 1. The van der Waals surface area contributed by atoms with Gasteiger partial charge in [-0.1, -0.05) is 26.0 Å². The van der Waals surface area contributed by atoms with E-state index < -0.39 is 0 Å². The van der Waals surface area contributed by atoms with Gasteiger partial charge >= 0.3 is 0 Å². The van der Waals surface area contributed by atoms with Gasteiger partial charge in [0.1, 0.15) is 0 Å². The van der Waals surface area contributed by atoms with Gasteiger partial charge in [-0.15, -0.1) is 0 Å². The smallest absolute Gasteiger partial charge is 0.226 e. The normalized spacial score (nSPS) is 44.4. The number of piperidine rings is 1. The quantitative estimate of drug-likeness (QED) is 0.696. The molecule has 0 saturated carbocycles. The zero-order valence-electron chi connectivity index (χ0n) is 10.7. The topological polar surface area (TPSA) is 32.3 Å². The first-order valence-electron chi connectivity index (χ1n) is 6.88. The summed E-state index contributed by atoms with van der Waals surface area (Å²) in [4.78, 5) is 14.8. The van der Waals surface area contributed by atoms with Gasteiger partial charge in [0.2, 0.25) is 5.91 Å². The number of fused-ring (bicyclic) bond motifs is 2. The maximum atomic E-state index is 12.6. The van der Waals surface area contributed by atoms with E-state index in [-0.39, 0.29) is 5.92 Å². The number of carbonyl (C=O) groups is 1.